The zero-order valence-corrected chi connectivity index (χ0v) is 8.31. The van der Waals surface area contributed by atoms with Crippen LogP contribution in [0, 0.1) is 0 Å². The van der Waals surface area contributed by atoms with E-state index >= 15 is 0 Å². The minimum absolute atomic E-state index is 0.0529. The van der Waals surface area contributed by atoms with E-state index < -0.39 is 11.9 Å². The Kier molecular flexibility index (Phi) is 2.32. The summed E-state index contributed by atoms with van der Waals surface area (Å²) < 4.78 is 4.49. The molecule has 2 rings (SSSR count). The molecule has 0 amide bonds. The Morgan fingerprint density at radius 2 is 2.19 bits per heavy atom. The van der Waals surface area contributed by atoms with Crippen LogP contribution in [0.1, 0.15) is 20.8 Å². The van der Waals surface area contributed by atoms with E-state index in [4.69, 9.17) is 0 Å². The number of carbonyl (C=O) groups is 2. The maximum atomic E-state index is 11.2. The normalized spacial score (nSPS) is 10.3. The molecule has 16 heavy (non-hydrogen) atoms. The number of aromatic nitrogens is 2. The highest BCUT2D eigenvalue weighted by molar-refractivity contribution is 6.01. The number of nitrogens with zero attached hydrogens (tertiary/aromatic N) is 1. The molecule has 0 saturated heterocycles. The number of aromatic carboxylic acids is 1. The molecule has 0 unspecified atom stereocenters. The number of aromatic amines is 1. The van der Waals surface area contributed by atoms with Crippen LogP contribution in [0.25, 0.3) is 11.0 Å². The van der Waals surface area contributed by atoms with Crippen molar-refractivity contribution in [2.75, 3.05) is 7.11 Å². The lowest BCUT2D eigenvalue weighted by molar-refractivity contribution is -0.254. The fraction of sp³-hybridized carbons (Fsp3) is 0.100. The Morgan fingerprint density at radius 3 is 2.81 bits per heavy atom. The average Bonchev–Trinajstić information content (AvgIpc) is 2.70. The fourth-order valence-electron chi connectivity index (χ4n) is 1.37. The van der Waals surface area contributed by atoms with E-state index in [1.54, 1.807) is 6.07 Å². The first-order valence-electron chi connectivity index (χ1n) is 4.41. The highest BCUT2D eigenvalue weighted by Gasteiger charge is 2.11. The summed E-state index contributed by atoms with van der Waals surface area (Å²) in [5.74, 6) is -1.96. The van der Waals surface area contributed by atoms with Gasteiger partial charge in [-0.15, -0.1) is 0 Å². The quantitative estimate of drug-likeness (QED) is 0.700. The van der Waals surface area contributed by atoms with Crippen molar-refractivity contribution in [3.05, 3.63) is 29.6 Å². The van der Waals surface area contributed by atoms with Gasteiger partial charge < -0.3 is 19.6 Å². The lowest BCUT2D eigenvalue weighted by Crippen LogP contribution is -2.22. The fourth-order valence-corrected chi connectivity index (χ4v) is 1.37. The molecule has 2 aromatic heterocycles. The van der Waals surface area contributed by atoms with Gasteiger partial charge in [-0.05, 0) is 12.1 Å². The standard InChI is InChI=1S/C10H8N2O4/c1-16-10(15)7-3-2-6-8(12-7)5(4-11-6)9(13)14/h2-4,11H,1H3,(H,13,14)/p-1. The maximum Gasteiger partial charge on any atom is 0.356 e. The van der Waals surface area contributed by atoms with E-state index in [-0.39, 0.29) is 16.8 Å². The van der Waals surface area contributed by atoms with Crippen LogP contribution in [-0.2, 0) is 4.74 Å². The van der Waals surface area contributed by atoms with Crippen LogP contribution in [0.2, 0.25) is 0 Å². The van der Waals surface area contributed by atoms with Gasteiger partial charge in [0.15, 0.2) is 0 Å². The van der Waals surface area contributed by atoms with Gasteiger partial charge in [-0.1, -0.05) is 0 Å². The Morgan fingerprint density at radius 1 is 1.44 bits per heavy atom. The third-order valence-electron chi connectivity index (χ3n) is 2.14. The van der Waals surface area contributed by atoms with Crippen molar-refractivity contribution in [3.8, 4) is 0 Å². The summed E-state index contributed by atoms with van der Waals surface area (Å²) in [5, 5.41) is 10.7. The van der Waals surface area contributed by atoms with Crippen molar-refractivity contribution >= 4 is 23.0 Å². The summed E-state index contributed by atoms with van der Waals surface area (Å²) in [5.41, 5.74) is 0.674. The summed E-state index contributed by atoms with van der Waals surface area (Å²) >= 11 is 0. The summed E-state index contributed by atoms with van der Waals surface area (Å²) in [6.07, 6.45) is 1.27. The molecule has 0 fully saturated rings. The number of methoxy groups -OCH3 is 1. The van der Waals surface area contributed by atoms with E-state index in [0.717, 1.165) is 0 Å². The number of fused-ring (bicyclic) bond motifs is 1. The Labute approximate surface area is 89.9 Å². The van der Waals surface area contributed by atoms with E-state index in [1.807, 2.05) is 0 Å². The number of esters is 1. The van der Waals surface area contributed by atoms with Crippen LogP contribution < -0.4 is 5.11 Å². The largest absolute Gasteiger partial charge is 0.545 e. The number of H-pyrrole nitrogens is 1. The lowest BCUT2D eigenvalue weighted by atomic mass is 10.2. The predicted octanol–water partition coefficient (Wildman–Crippen LogP) is -0.287. The summed E-state index contributed by atoms with van der Waals surface area (Å²) in [4.78, 5) is 28.6. The third-order valence-corrected chi connectivity index (χ3v) is 2.14. The van der Waals surface area contributed by atoms with Gasteiger partial charge in [-0.25, -0.2) is 9.78 Å². The number of ether oxygens (including phenoxy) is 1. The minimum Gasteiger partial charge on any atom is -0.545 e. The van der Waals surface area contributed by atoms with E-state index in [9.17, 15) is 14.7 Å². The molecular weight excluding hydrogens is 212 g/mol. The van der Waals surface area contributed by atoms with Crippen LogP contribution >= 0.6 is 0 Å². The zero-order valence-electron chi connectivity index (χ0n) is 8.31. The van der Waals surface area contributed by atoms with Crippen molar-refractivity contribution in [3.63, 3.8) is 0 Å². The molecule has 0 aliphatic rings. The van der Waals surface area contributed by atoms with Gasteiger partial charge in [-0.3, -0.25) is 0 Å². The number of carboxylic acids is 1. The number of hydrogen-bond acceptors (Lipinski definition) is 5. The van der Waals surface area contributed by atoms with Crippen LogP contribution in [0.3, 0.4) is 0 Å². The molecular formula is C10H7N2O4-. The first-order valence-corrected chi connectivity index (χ1v) is 4.41. The Hall–Kier alpha value is -2.37. The minimum atomic E-state index is -1.35. The molecule has 0 radical (unpaired) electrons. The molecule has 0 atom stereocenters. The molecule has 2 aromatic rings. The maximum absolute atomic E-state index is 11.2. The second-order valence-electron chi connectivity index (χ2n) is 3.07. The highest BCUT2D eigenvalue weighted by Crippen LogP contribution is 2.16. The van der Waals surface area contributed by atoms with Crippen LogP contribution in [-0.4, -0.2) is 29.0 Å². The van der Waals surface area contributed by atoms with Gasteiger partial charge in [0.1, 0.15) is 5.69 Å². The topological polar surface area (TPSA) is 95.1 Å². The SMILES string of the molecule is COC(=O)c1ccc2[nH]cc(C(=O)[O-])c2n1. The predicted molar refractivity (Wildman–Crippen MR) is 51.8 cm³/mol. The van der Waals surface area contributed by atoms with E-state index in [0.29, 0.717) is 5.52 Å². The first kappa shape index (κ1) is 10.2. The van der Waals surface area contributed by atoms with E-state index in [2.05, 4.69) is 14.7 Å². The van der Waals surface area contributed by atoms with Crippen LogP contribution in [0.5, 0.6) is 0 Å². The van der Waals surface area contributed by atoms with Gasteiger partial charge in [0, 0.05) is 11.8 Å². The first-order chi connectivity index (χ1) is 7.63. The monoisotopic (exact) mass is 219 g/mol. The van der Waals surface area contributed by atoms with Gasteiger partial charge in [0.2, 0.25) is 0 Å². The van der Waals surface area contributed by atoms with Gasteiger partial charge in [0.25, 0.3) is 0 Å². The van der Waals surface area contributed by atoms with Crippen molar-refractivity contribution < 1.29 is 19.4 Å². The lowest BCUT2D eigenvalue weighted by Gasteiger charge is -2.01. The smallest absolute Gasteiger partial charge is 0.356 e. The molecule has 6 nitrogen and oxygen atoms in total. The molecule has 6 heteroatoms. The van der Waals surface area contributed by atoms with Crippen LogP contribution in [0.15, 0.2) is 18.3 Å². The number of nitrogens with one attached hydrogen (secondary N) is 1. The van der Waals surface area contributed by atoms with Gasteiger partial charge in [0.05, 0.1) is 24.1 Å². The molecule has 1 N–H and O–H groups in total. The van der Waals surface area contributed by atoms with Crippen molar-refractivity contribution in [2.24, 2.45) is 0 Å². The summed E-state index contributed by atoms with van der Waals surface area (Å²) in [7, 11) is 1.23. The number of rotatable bonds is 2. The molecule has 0 aliphatic heterocycles. The zero-order chi connectivity index (χ0) is 11.7. The molecule has 0 aliphatic carbocycles. The second kappa shape index (κ2) is 3.65. The molecule has 0 saturated carbocycles. The summed E-state index contributed by atoms with van der Waals surface area (Å²) in [6, 6.07) is 3.00. The average molecular weight is 219 g/mol. The van der Waals surface area contributed by atoms with Crippen molar-refractivity contribution in [2.45, 2.75) is 0 Å². The molecule has 0 bridgehead atoms. The third kappa shape index (κ3) is 1.50. The van der Waals surface area contributed by atoms with Gasteiger partial charge in [-0.2, -0.15) is 0 Å². The van der Waals surface area contributed by atoms with Crippen LogP contribution in [0.4, 0.5) is 0 Å². The van der Waals surface area contributed by atoms with Gasteiger partial charge >= 0.3 is 5.97 Å². The molecule has 0 spiro atoms. The second-order valence-corrected chi connectivity index (χ2v) is 3.07. The van der Waals surface area contributed by atoms with Crippen molar-refractivity contribution in [1.82, 2.24) is 9.97 Å². The molecule has 2 heterocycles. The number of carboxylic acid groups (broad SMARTS) is 1. The van der Waals surface area contributed by atoms with E-state index in [1.165, 1.54) is 19.4 Å². The summed E-state index contributed by atoms with van der Waals surface area (Å²) in [6.45, 7) is 0. The number of pyridine rings is 1. The highest BCUT2D eigenvalue weighted by atomic mass is 16.5. The Balaban J connectivity index is 2.63. The Bertz CT molecular complexity index is 573. The molecule has 82 valence electrons. The molecule has 0 aromatic carbocycles. The van der Waals surface area contributed by atoms with Crippen molar-refractivity contribution in [1.29, 1.82) is 0 Å². The number of hydrogen-bond donors (Lipinski definition) is 1. The number of carbonyl (C=O) groups excluding carboxylic acids is 2.